The molecule has 0 saturated carbocycles. The van der Waals surface area contributed by atoms with Crippen molar-refractivity contribution in [1.29, 1.82) is 0 Å². The zero-order chi connectivity index (χ0) is 14.2. The van der Waals surface area contributed by atoms with Gasteiger partial charge in [-0.3, -0.25) is 4.40 Å². The minimum Gasteiger partial charge on any atom is -0.368 e. The molecule has 0 aromatic carbocycles. The number of fused-ring (bicyclic) bond motifs is 1. The molecule has 110 valence electrons. The van der Waals surface area contributed by atoms with E-state index in [1.807, 2.05) is 12.3 Å². The van der Waals surface area contributed by atoms with Gasteiger partial charge in [0.1, 0.15) is 0 Å². The molecule has 0 amide bonds. The molecule has 3 rings (SSSR count). The van der Waals surface area contributed by atoms with Crippen LogP contribution in [-0.4, -0.2) is 53.2 Å². The van der Waals surface area contributed by atoms with Crippen LogP contribution >= 0.6 is 23.1 Å². The van der Waals surface area contributed by atoms with E-state index in [9.17, 15) is 8.42 Å². The van der Waals surface area contributed by atoms with Gasteiger partial charge in [-0.2, -0.15) is 16.1 Å². The third kappa shape index (κ3) is 2.32. The number of imidazole rings is 1. The summed E-state index contributed by atoms with van der Waals surface area (Å²) in [6, 6.07) is 0. The van der Waals surface area contributed by atoms with Crippen LogP contribution in [0.5, 0.6) is 0 Å². The number of rotatable bonds is 4. The molecule has 3 heterocycles. The Morgan fingerprint density at radius 3 is 2.85 bits per heavy atom. The molecule has 2 aromatic heterocycles. The van der Waals surface area contributed by atoms with E-state index in [0.717, 1.165) is 11.5 Å². The van der Waals surface area contributed by atoms with Gasteiger partial charge in [0.25, 0.3) is 10.0 Å². The molecular weight excluding hydrogens is 316 g/mol. The molecule has 1 saturated heterocycles. The number of nitrogens with one attached hydrogen (secondary N) is 1. The fourth-order valence-corrected chi connectivity index (χ4v) is 5.78. The van der Waals surface area contributed by atoms with E-state index < -0.39 is 10.0 Å². The van der Waals surface area contributed by atoms with Crippen LogP contribution in [0.15, 0.2) is 16.6 Å². The SMILES string of the molecule is CCNc1nc2sccn2c1S(=O)(=O)N1CCSCC1. The van der Waals surface area contributed by atoms with Crippen molar-refractivity contribution in [3.8, 4) is 0 Å². The van der Waals surface area contributed by atoms with Gasteiger partial charge in [-0.15, -0.1) is 11.3 Å². The van der Waals surface area contributed by atoms with Gasteiger partial charge >= 0.3 is 0 Å². The van der Waals surface area contributed by atoms with Gasteiger partial charge in [0.05, 0.1) is 0 Å². The van der Waals surface area contributed by atoms with E-state index in [1.54, 1.807) is 26.7 Å². The molecule has 0 unspecified atom stereocenters. The Morgan fingerprint density at radius 1 is 1.40 bits per heavy atom. The highest BCUT2D eigenvalue weighted by Gasteiger charge is 2.32. The first-order valence-electron chi connectivity index (χ1n) is 6.42. The lowest BCUT2D eigenvalue weighted by molar-refractivity contribution is 0.441. The van der Waals surface area contributed by atoms with Crippen LogP contribution < -0.4 is 5.32 Å². The van der Waals surface area contributed by atoms with Crippen molar-refractivity contribution >= 4 is 43.9 Å². The van der Waals surface area contributed by atoms with E-state index >= 15 is 0 Å². The van der Waals surface area contributed by atoms with Crippen molar-refractivity contribution in [3.05, 3.63) is 11.6 Å². The molecule has 1 aliphatic heterocycles. The van der Waals surface area contributed by atoms with Crippen molar-refractivity contribution in [2.24, 2.45) is 0 Å². The molecular formula is C11H16N4O2S3. The Balaban J connectivity index is 2.10. The summed E-state index contributed by atoms with van der Waals surface area (Å²) in [6.07, 6.45) is 1.76. The Bertz CT molecular complexity index is 700. The van der Waals surface area contributed by atoms with Crippen LogP contribution in [0.3, 0.4) is 0 Å². The number of thiazole rings is 1. The van der Waals surface area contributed by atoms with Gasteiger partial charge in [-0.1, -0.05) is 0 Å². The number of nitrogens with zero attached hydrogens (tertiary/aromatic N) is 3. The standard InChI is InChI=1S/C11H16N4O2S3/c1-2-12-9-10(15-5-8-19-11(15)13-9)20(16,17)14-3-6-18-7-4-14/h5,8,12H,2-4,6-7H2,1H3. The highest BCUT2D eigenvalue weighted by atomic mass is 32.2. The second-order valence-electron chi connectivity index (χ2n) is 4.37. The summed E-state index contributed by atoms with van der Waals surface area (Å²) in [6.45, 7) is 3.70. The van der Waals surface area contributed by atoms with Gasteiger partial charge in [0, 0.05) is 42.7 Å². The van der Waals surface area contributed by atoms with Gasteiger partial charge in [-0.25, -0.2) is 13.4 Å². The molecule has 1 N–H and O–H groups in total. The van der Waals surface area contributed by atoms with E-state index in [-0.39, 0.29) is 5.03 Å². The second-order valence-corrected chi connectivity index (χ2v) is 8.32. The predicted molar refractivity (Wildman–Crippen MR) is 83.3 cm³/mol. The highest BCUT2D eigenvalue weighted by Crippen LogP contribution is 2.29. The Labute approximate surface area is 126 Å². The minimum atomic E-state index is -3.50. The average Bonchev–Trinajstić information content (AvgIpc) is 3.00. The van der Waals surface area contributed by atoms with E-state index in [2.05, 4.69) is 10.3 Å². The first-order chi connectivity index (χ1) is 9.64. The lowest BCUT2D eigenvalue weighted by Gasteiger charge is -2.25. The molecule has 1 aliphatic rings. The molecule has 20 heavy (non-hydrogen) atoms. The minimum absolute atomic E-state index is 0.266. The van der Waals surface area contributed by atoms with Crippen LogP contribution in [0.2, 0.25) is 0 Å². The number of aromatic nitrogens is 2. The van der Waals surface area contributed by atoms with Gasteiger partial charge in [0.15, 0.2) is 15.8 Å². The molecule has 0 aliphatic carbocycles. The van der Waals surface area contributed by atoms with Crippen LogP contribution in [-0.2, 0) is 10.0 Å². The van der Waals surface area contributed by atoms with E-state index in [0.29, 0.717) is 30.4 Å². The van der Waals surface area contributed by atoms with Crippen molar-refractivity contribution in [2.45, 2.75) is 11.9 Å². The third-order valence-electron chi connectivity index (χ3n) is 3.12. The quantitative estimate of drug-likeness (QED) is 0.920. The molecule has 6 nitrogen and oxygen atoms in total. The molecule has 0 atom stereocenters. The predicted octanol–water partition coefficient (Wildman–Crippen LogP) is 1.57. The molecule has 0 bridgehead atoms. The van der Waals surface area contributed by atoms with Crippen molar-refractivity contribution < 1.29 is 8.42 Å². The number of thioether (sulfide) groups is 1. The maximum Gasteiger partial charge on any atom is 0.262 e. The summed E-state index contributed by atoms with van der Waals surface area (Å²) in [4.78, 5) is 5.08. The lowest BCUT2D eigenvalue weighted by Crippen LogP contribution is -2.38. The highest BCUT2D eigenvalue weighted by molar-refractivity contribution is 7.99. The summed E-state index contributed by atoms with van der Waals surface area (Å²) in [5.41, 5.74) is 0. The molecule has 1 fully saturated rings. The molecule has 2 aromatic rings. The van der Waals surface area contributed by atoms with Crippen LogP contribution in [0.1, 0.15) is 6.92 Å². The van der Waals surface area contributed by atoms with Crippen LogP contribution in [0, 0.1) is 0 Å². The average molecular weight is 332 g/mol. The van der Waals surface area contributed by atoms with Crippen molar-refractivity contribution in [1.82, 2.24) is 13.7 Å². The van der Waals surface area contributed by atoms with Crippen LogP contribution in [0.4, 0.5) is 5.82 Å². The molecule has 0 radical (unpaired) electrons. The normalized spacial score (nSPS) is 17.6. The van der Waals surface area contributed by atoms with E-state index in [1.165, 1.54) is 11.3 Å². The summed E-state index contributed by atoms with van der Waals surface area (Å²) < 4.78 is 29.0. The van der Waals surface area contributed by atoms with Gasteiger partial charge in [-0.05, 0) is 6.92 Å². The summed E-state index contributed by atoms with van der Waals surface area (Å²) in [7, 11) is -3.50. The topological polar surface area (TPSA) is 66.7 Å². The summed E-state index contributed by atoms with van der Waals surface area (Å²) in [5.74, 6) is 2.15. The first-order valence-corrected chi connectivity index (χ1v) is 9.89. The third-order valence-corrected chi connectivity index (χ3v) is 6.74. The fraction of sp³-hybridized carbons (Fsp3) is 0.545. The number of hydrogen-bond donors (Lipinski definition) is 1. The fourth-order valence-electron chi connectivity index (χ4n) is 2.20. The number of sulfonamides is 1. The zero-order valence-electron chi connectivity index (χ0n) is 11.1. The maximum atomic E-state index is 12.9. The van der Waals surface area contributed by atoms with Crippen molar-refractivity contribution in [2.75, 3.05) is 36.5 Å². The maximum absolute atomic E-state index is 12.9. The van der Waals surface area contributed by atoms with Crippen molar-refractivity contribution in [3.63, 3.8) is 0 Å². The number of hydrogen-bond acceptors (Lipinski definition) is 6. The first kappa shape index (κ1) is 14.2. The van der Waals surface area contributed by atoms with Gasteiger partial charge in [0.2, 0.25) is 0 Å². The summed E-state index contributed by atoms with van der Waals surface area (Å²) in [5, 5.41) is 5.18. The second kappa shape index (κ2) is 5.55. The largest absolute Gasteiger partial charge is 0.368 e. The monoisotopic (exact) mass is 332 g/mol. The van der Waals surface area contributed by atoms with Crippen LogP contribution in [0.25, 0.3) is 4.96 Å². The Kier molecular flexibility index (Phi) is 3.93. The zero-order valence-corrected chi connectivity index (χ0v) is 13.5. The Morgan fingerprint density at radius 2 is 2.15 bits per heavy atom. The van der Waals surface area contributed by atoms with E-state index in [4.69, 9.17) is 0 Å². The van der Waals surface area contributed by atoms with Gasteiger partial charge < -0.3 is 5.32 Å². The molecule has 0 spiro atoms. The summed E-state index contributed by atoms with van der Waals surface area (Å²) >= 11 is 3.23. The number of anilines is 1. The smallest absolute Gasteiger partial charge is 0.262 e. The molecule has 9 heteroatoms. The Hall–Kier alpha value is -0.770. The lowest BCUT2D eigenvalue weighted by atomic mass is 10.6.